The second-order valence-electron chi connectivity index (χ2n) is 9.85. The zero-order valence-corrected chi connectivity index (χ0v) is 20.5. The molecule has 3 aromatic carbocycles. The maximum absolute atomic E-state index is 13.5. The number of carbonyl (C=O) groups excluding carboxylic acids is 2. The van der Waals surface area contributed by atoms with Crippen molar-refractivity contribution in [1.29, 1.82) is 0 Å². The van der Waals surface area contributed by atoms with Gasteiger partial charge in [-0.3, -0.25) is 14.5 Å². The molecule has 0 spiro atoms. The third kappa shape index (κ3) is 4.18. The van der Waals surface area contributed by atoms with Crippen molar-refractivity contribution in [1.82, 2.24) is 19.3 Å². The lowest BCUT2D eigenvalue weighted by atomic mass is 10.0. The number of rotatable bonds is 5. The predicted octanol–water partition coefficient (Wildman–Crippen LogP) is 3.90. The number of hydrogen-bond donors (Lipinski definition) is 0. The first-order valence-corrected chi connectivity index (χ1v) is 12.5. The fourth-order valence-electron chi connectivity index (χ4n) is 5.55. The number of benzene rings is 3. The van der Waals surface area contributed by atoms with Crippen LogP contribution in [0.25, 0.3) is 22.0 Å². The number of aromatic nitrogens is 1. The minimum absolute atomic E-state index is 0.0454. The van der Waals surface area contributed by atoms with Crippen LogP contribution in [-0.4, -0.2) is 63.3 Å². The molecular formula is C30H30N4O2. The predicted molar refractivity (Wildman–Crippen MR) is 141 cm³/mol. The maximum Gasteiger partial charge on any atom is 0.247 e. The molecule has 2 saturated heterocycles. The number of nitrogens with zero attached hydrogens (tertiary/aromatic N) is 4. The number of aryl methyl sites for hydroxylation is 1. The molecule has 1 aromatic heterocycles. The van der Waals surface area contributed by atoms with Crippen LogP contribution in [0.5, 0.6) is 0 Å². The third-order valence-corrected chi connectivity index (χ3v) is 7.58. The van der Waals surface area contributed by atoms with Gasteiger partial charge in [0.1, 0.15) is 12.6 Å². The van der Waals surface area contributed by atoms with E-state index in [0.717, 1.165) is 29.7 Å². The zero-order valence-electron chi connectivity index (χ0n) is 20.5. The lowest BCUT2D eigenvalue weighted by Crippen LogP contribution is -2.66. The summed E-state index contributed by atoms with van der Waals surface area (Å²) in [7, 11) is 2.02. The molecule has 182 valence electrons. The minimum Gasteiger partial charge on any atom is -0.346 e. The van der Waals surface area contributed by atoms with Gasteiger partial charge in [-0.15, -0.1) is 0 Å². The number of amides is 2. The number of hydrogen-bond acceptors (Lipinski definition) is 3. The molecule has 6 nitrogen and oxygen atoms in total. The van der Waals surface area contributed by atoms with Crippen molar-refractivity contribution < 1.29 is 9.59 Å². The van der Waals surface area contributed by atoms with Gasteiger partial charge < -0.3 is 14.4 Å². The van der Waals surface area contributed by atoms with Crippen LogP contribution in [0.3, 0.4) is 0 Å². The number of carbonyl (C=O) groups is 2. The first kappa shape index (κ1) is 22.6. The van der Waals surface area contributed by atoms with Crippen molar-refractivity contribution >= 4 is 22.7 Å². The van der Waals surface area contributed by atoms with E-state index in [9.17, 15) is 9.59 Å². The molecule has 0 aliphatic carbocycles. The summed E-state index contributed by atoms with van der Waals surface area (Å²) >= 11 is 0. The summed E-state index contributed by atoms with van der Waals surface area (Å²) in [6.07, 6.45) is 0. The molecule has 0 N–H and O–H groups in total. The molecule has 2 fully saturated rings. The van der Waals surface area contributed by atoms with E-state index in [1.165, 1.54) is 16.7 Å². The van der Waals surface area contributed by atoms with Gasteiger partial charge in [0.05, 0.1) is 6.54 Å². The Morgan fingerprint density at radius 2 is 1.53 bits per heavy atom. The molecule has 4 aromatic rings. The number of para-hydroxylation sites is 1. The lowest BCUT2D eigenvalue weighted by Gasteiger charge is -2.46. The molecule has 2 aliphatic heterocycles. The average Bonchev–Trinajstić information content (AvgIpc) is 3.23. The fraction of sp³-hybridized carbons (Fsp3) is 0.267. The van der Waals surface area contributed by atoms with Crippen molar-refractivity contribution in [3.8, 4) is 11.1 Å². The van der Waals surface area contributed by atoms with E-state index in [2.05, 4.69) is 76.2 Å². The fourth-order valence-corrected chi connectivity index (χ4v) is 5.55. The van der Waals surface area contributed by atoms with E-state index in [0.29, 0.717) is 19.6 Å². The van der Waals surface area contributed by atoms with Crippen LogP contribution in [-0.2, 0) is 29.7 Å². The summed E-state index contributed by atoms with van der Waals surface area (Å²) in [4.78, 5) is 32.3. The Labute approximate surface area is 211 Å². The molecule has 2 aliphatic rings. The van der Waals surface area contributed by atoms with Crippen LogP contribution in [0.1, 0.15) is 11.3 Å². The van der Waals surface area contributed by atoms with Crippen LogP contribution in [0, 0.1) is 0 Å². The molecule has 2 amide bonds. The summed E-state index contributed by atoms with van der Waals surface area (Å²) in [5.74, 6) is 0.0919. The molecule has 6 rings (SSSR count). The molecule has 6 heteroatoms. The van der Waals surface area contributed by atoms with E-state index in [4.69, 9.17) is 0 Å². The van der Waals surface area contributed by atoms with Crippen LogP contribution in [0.15, 0.2) is 84.9 Å². The maximum atomic E-state index is 13.5. The summed E-state index contributed by atoms with van der Waals surface area (Å²) in [6, 6.07) is 28.9. The highest BCUT2D eigenvalue weighted by Gasteiger charge is 2.42. The van der Waals surface area contributed by atoms with Crippen LogP contribution in [0.4, 0.5) is 0 Å². The standard InChI is InChI=1S/C30H30N4O2/c1-31-26(17-25-9-5-6-10-27(25)31)19-33-21-29(35)34-16-15-32(20-28(34)30(33)36)18-22-11-13-24(14-12-22)23-7-3-2-4-8-23/h2-14,17,28H,15-16,18-21H2,1H3. The number of piperazine rings is 2. The van der Waals surface area contributed by atoms with Crippen molar-refractivity contribution in [2.75, 3.05) is 26.2 Å². The van der Waals surface area contributed by atoms with Gasteiger partial charge in [-0.05, 0) is 34.2 Å². The van der Waals surface area contributed by atoms with E-state index < -0.39 is 6.04 Å². The topological polar surface area (TPSA) is 48.8 Å². The average molecular weight is 479 g/mol. The SMILES string of the molecule is Cn1c(CN2CC(=O)N3CCN(Cc4ccc(-c5ccccc5)cc4)CC3C2=O)cc2ccccc21. The minimum atomic E-state index is -0.418. The van der Waals surface area contributed by atoms with Gasteiger partial charge in [-0.2, -0.15) is 0 Å². The van der Waals surface area contributed by atoms with Gasteiger partial charge in [-0.25, -0.2) is 0 Å². The van der Waals surface area contributed by atoms with E-state index in [-0.39, 0.29) is 18.4 Å². The monoisotopic (exact) mass is 478 g/mol. The Balaban J connectivity index is 1.15. The molecule has 1 unspecified atom stereocenters. The van der Waals surface area contributed by atoms with Crippen molar-refractivity contribution in [3.63, 3.8) is 0 Å². The first-order chi connectivity index (χ1) is 17.6. The summed E-state index contributed by atoms with van der Waals surface area (Å²) in [6.45, 7) is 3.30. The summed E-state index contributed by atoms with van der Waals surface area (Å²) < 4.78 is 2.12. The summed E-state index contributed by atoms with van der Waals surface area (Å²) in [5.41, 5.74) is 5.78. The van der Waals surface area contributed by atoms with Gasteiger partial charge in [0.15, 0.2) is 0 Å². The van der Waals surface area contributed by atoms with Crippen molar-refractivity contribution in [2.24, 2.45) is 7.05 Å². The molecule has 36 heavy (non-hydrogen) atoms. The molecule has 3 heterocycles. The van der Waals surface area contributed by atoms with Gasteiger partial charge >= 0.3 is 0 Å². The Kier molecular flexibility index (Phi) is 5.82. The first-order valence-electron chi connectivity index (χ1n) is 12.5. The van der Waals surface area contributed by atoms with Crippen molar-refractivity contribution in [2.45, 2.75) is 19.1 Å². The molecule has 1 atom stereocenters. The van der Waals surface area contributed by atoms with E-state index in [1.807, 2.05) is 25.2 Å². The van der Waals surface area contributed by atoms with E-state index in [1.54, 1.807) is 9.80 Å². The molecule has 0 saturated carbocycles. The number of fused-ring (bicyclic) bond motifs is 2. The zero-order chi connectivity index (χ0) is 24.6. The van der Waals surface area contributed by atoms with Gasteiger partial charge in [-0.1, -0.05) is 72.8 Å². The van der Waals surface area contributed by atoms with Gasteiger partial charge in [0.25, 0.3) is 0 Å². The Bertz CT molecular complexity index is 1410. The Hall–Kier alpha value is -3.90. The van der Waals surface area contributed by atoms with Gasteiger partial charge in [0.2, 0.25) is 11.8 Å². The smallest absolute Gasteiger partial charge is 0.247 e. The normalized spacial score (nSPS) is 18.6. The molecule has 0 bridgehead atoms. The second kappa shape index (κ2) is 9.28. The molecule has 0 radical (unpaired) electrons. The van der Waals surface area contributed by atoms with Crippen molar-refractivity contribution in [3.05, 3.63) is 96.2 Å². The lowest BCUT2D eigenvalue weighted by molar-refractivity contribution is -0.160. The largest absolute Gasteiger partial charge is 0.346 e. The third-order valence-electron chi connectivity index (χ3n) is 7.58. The van der Waals surface area contributed by atoms with Crippen LogP contribution >= 0.6 is 0 Å². The Morgan fingerprint density at radius 3 is 2.31 bits per heavy atom. The summed E-state index contributed by atoms with van der Waals surface area (Å²) in [5, 5.41) is 1.15. The second-order valence-corrected chi connectivity index (χ2v) is 9.85. The highest BCUT2D eigenvalue weighted by molar-refractivity contribution is 5.95. The highest BCUT2D eigenvalue weighted by atomic mass is 16.2. The van der Waals surface area contributed by atoms with Crippen LogP contribution < -0.4 is 0 Å². The Morgan fingerprint density at radius 1 is 0.806 bits per heavy atom. The van der Waals surface area contributed by atoms with E-state index >= 15 is 0 Å². The highest BCUT2D eigenvalue weighted by Crippen LogP contribution is 2.25. The quantitative estimate of drug-likeness (QED) is 0.437. The van der Waals surface area contributed by atoms with Gasteiger partial charge in [0, 0.05) is 44.4 Å². The molecular weight excluding hydrogens is 448 g/mol. The van der Waals surface area contributed by atoms with Crippen LogP contribution in [0.2, 0.25) is 0 Å².